The molecule has 92 valence electrons. The van der Waals surface area contributed by atoms with Crippen molar-refractivity contribution in [2.45, 2.75) is 19.3 Å². The second-order valence-corrected chi connectivity index (χ2v) is 3.48. The fourth-order valence-corrected chi connectivity index (χ4v) is 1.33. The van der Waals surface area contributed by atoms with Crippen LogP contribution in [0, 0.1) is 0 Å². The summed E-state index contributed by atoms with van der Waals surface area (Å²) in [6.45, 7) is 0.289. The molecule has 18 heavy (non-hydrogen) atoms. The van der Waals surface area contributed by atoms with Crippen molar-refractivity contribution in [3.63, 3.8) is 0 Å². The van der Waals surface area contributed by atoms with Gasteiger partial charge in [-0.25, -0.2) is 0 Å². The molecule has 6 heteroatoms. The van der Waals surface area contributed by atoms with Crippen molar-refractivity contribution in [3.05, 3.63) is 23.8 Å². The minimum Gasteiger partial charge on any atom is -0.550 e. The minimum atomic E-state index is -1.09. The van der Waals surface area contributed by atoms with Gasteiger partial charge in [-0.2, -0.15) is 0 Å². The van der Waals surface area contributed by atoms with Crippen molar-refractivity contribution in [2.75, 3.05) is 6.61 Å². The number of rotatable bonds is 7. The zero-order valence-electron chi connectivity index (χ0n) is 10.2. The van der Waals surface area contributed by atoms with E-state index in [2.05, 4.69) is 0 Å². The number of carboxylic acid groups (broad SMARTS) is 1. The molecule has 0 aromatic heterocycles. The normalized spacial score (nSPS) is 9.33. The van der Waals surface area contributed by atoms with Gasteiger partial charge in [-0.1, -0.05) is 6.07 Å². The van der Waals surface area contributed by atoms with Gasteiger partial charge in [0.1, 0.15) is 11.5 Å². The topological polar surface area (TPSA) is 86.7 Å². The van der Waals surface area contributed by atoms with Crippen LogP contribution in [-0.2, 0) is 4.79 Å². The van der Waals surface area contributed by atoms with E-state index < -0.39 is 5.97 Å². The average Bonchev–Trinajstić information content (AvgIpc) is 2.28. The van der Waals surface area contributed by atoms with Crippen molar-refractivity contribution in [3.8, 4) is 11.5 Å². The van der Waals surface area contributed by atoms with Crippen molar-refractivity contribution < 1.29 is 54.1 Å². The Kier molecular flexibility index (Phi) is 8.45. The fourth-order valence-electron chi connectivity index (χ4n) is 1.33. The number of aliphatic carboxylic acids is 1. The quantitative estimate of drug-likeness (QED) is 0.333. The minimum absolute atomic E-state index is 0. The molecule has 0 spiro atoms. The second-order valence-electron chi connectivity index (χ2n) is 3.48. The number of aromatic hydroxyl groups is 1. The molecule has 0 atom stereocenters. The fraction of sp³-hybridized carbons (Fsp3) is 0.333. The van der Waals surface area contributed by atoms with Crippen molar-refractivity contribution in [1.82, 2.24) is 0 Å². The maximum absolute atomic E-state index is 10.7. The summed E-state index contributed by atoms with van der Waals surface area (Å²) in [5, 5.41) is 19.5. The molecule has 5 nitrogen and oxygen atoms in total. The molecule has 1 rings (SSSR count). The van der Waals surface area contributed by atoms with E-state index in [9.17, 15) is 19.8 Å². The molecule has 0 amide bonds. The number of unbranched alkanes of at least 4 members (excludes halogenated alkanes) is 1. The number of carbonyl (C=O) groups excluding carboxylic acids is 2. The van der Waals surface area contributed by atoms with Gasteiger partial charge in [0.15, 0.2) is 6.29 Å². The molecular formula is C12H13NaO5. The number of phenolic OH excluding ortho intramolecular Hbond substituents is 1. The Morgan fingerprint density at radius 1 is 1.39 bits per heavy atom. The molecule has 0 aliphatic rings. The molecule has 0 aliphatic carbocycles. The summed E-state index contributed by atoms with van der Waals surface area (Å²) >= 11 is 0. The SMILES string of the molecule is O=Cc1c(O)cccc1OCCCCC(=O)[O-].[Na+]. The number of hydrogen-bond acceptors (Lipinski definition) is 5. The first-order valence-corrected chi connectivity index (χ1v) is 5.25. The maximum Gasteiger partial charge on any atom is 1.00 e. The zero-order valence-corrected chi connectivity index (χ0v) is 12.2. The molecule has 0 saturated heterocycles. The number of carboxylic acids is 1. The first-order chi connectivity index (χ1) is 8.15. The summed E-state index contributed by atoms with van der Waals surface area (Å²) < 4.78 is 5.29. The summed E-state index contributed by atoms with van der Waals surface area (Å²) in [6.07, 6.45) is 1.51. The van der Waals surface area contributed by atoms with Gasteiger partial charge in [-0.05, 0) is 31.4 Å². The largest absolute Gasteiger partial charge is 1.00 e. The predicted octanol–water partition coefficient (Wildman–Crippen LogP) is -2.49. The number of hydrogen-bond donors (Lipinski definition) is 1. The predicted molar refractivity (Wildman–Crippen MR) is 57.8 cm³/mol. The molecule has 0 bridgehead atoms. The Morgan fingerprint density at radius 3 is 2.72 bits per heavy atom. The van der Waals surface area contributed by atoms with Crippen LogP contribution in [0.5, 0.6) is 11.5 Å². The molecule has 1 aromatic rings. The number of benzene rings is 1. The summed E-state index contributed by atoms with van der Waals surface area (Å²) in [5.74, 6) is -0.920. The van der Waals surface area contributed by atoms with Gasteiger partial charge >= 0.3 is 29.6 Å². The van der Waals surface area contributed by atoms with E-state index in [0.717, 1.165) is 0 Å². The molecule has 0 saturated carbocycles. The average molecular weight is 260 g/mol. The third-order valence-electron chi connectivity index (χ3n) is 2.19. The van der Waals surface area contributed by atoms with E-state index >= 15 is 0 Å². The van der Waals surface area contributed by atoms with Gasteiger partial charge in [0, 0.05) is 5.97 Å². The third kappa shape index (κ3) is 5.53. The van der Waals surface area contributed by atoms with Gasteiger partial charge in [-0.15, -0.1) is 0 Å². The maximum atomic E-state index is 10.7. The van der Waals surface area contributed by atoms with Gasteiger partial charge in [0.2, 0.25) is 0 Å². The summed E-state index contributed by atoms with van der Waals surface area (Å²) in [4.78, 5) is 20.8. The molecule has 0 fully saturated rings. The van der Waals surface area contributed by atoms with E-state index in [-0.39, 0.29) is 53.9 Å². The van der Waals surface area contributed by atoms with Gasteiger partial charge < -0.3 is 19.7 Å². The van der Waals surface area contributed by atoms with E-state index in [1.807, 2.05) is 0 Å². The Balaban J connectivity index is 0.00000289. The zero-order chi connectivity index (χ0) is 12.7. The van der Waals surface area contributed by atoms with Crippen LogP contribution in [0.15, 0.2) is 18.2 Å². The molecule has 0 heterocycles. The number of aldehydes is 1. The van der Waals surface area contributed by atoms with Gasteiger partial charge in [0.25, 0.3) is 0 Å². The van der Waals surface area contributed by atoms with E-state index in [4.69, 9.17) is 4.74 Å². The van der Waals surface area contributed by atoms with Crippen molar-refractivity contribution in [1.29, 1.82) is 0 Å². The van der Waals surface area contributed by atoms with E-state index in [1.165, 1.54) is 6.07 Å². The Bertz CT molecular complexity index is 405. The molecule has 0 aliphatic heterocycles. The van der Waals surface area contributed by atoms with Crippen molar-refractivity contribution in [2.24, 2.45) is 0 Å². The molecular weight excluding hydrogens is 247 g/mol. The first kappa shape index (κ1) is 17.0. The van der Waals surface area contributed by atoms with Crippen LogP contribution in [0.4, 0.5) is 0 Å². The molecule has 0 radical (unpaired) electrons. The summed E-state index contributed by atoms with van der Waals surface area (Å²) in [7, 11) is 0. The second kappa shape index (κ2) is 8.97. The van der Waals surface area contributed by atoms with Crippen LogP contribution in [0.25, 0.3) is 0 Å². The van der Waals surface area contributed by atoms with Gasteiger partial charge in [0.05, 0.1) is 12.2 Å². The number of phenols is 1. The molecule has 0 unspecified atom stereocenters. The van der Waals surface area contributed by atoms with Crippen LogP contribution in [0.2, 0.25) is 0 Å². The van der Waals surface area contributed by atoms with E-state index in [0.29, 0.717) is 24.9 Å². The van der Waals surface area contributed by atoms with E-state index in [1.54, 1.807) is 12.1 Å². The number of ether oxygens (including phenoxy) is 1. The Morgan fingerprint density at radius 2 is 2.11 bits per heavy atom. The van der Waals surface area contributed by atoms with Gasteiger partial charge in [-0.3, -0.25) is 4.79 Å². The summed E-state index contributed by atoms with van der Waals surface area (Å²) in [5.41, 5.74) is 0.104. The van der Waals surface area contributed by atoms with Crippen molar-refractivity contribution >= 4 is 12.3 Å². The Labute approximate surface area is 127 Å². The third-order valence-corrected chi connectivity index (χ3v) is 2.19. The smallest absolute Gasteiger partial charge is 0.550 e. The van der Waals surface area contributed by atoms with Crippen LogP contribution in [0.1, 0.15) is 29.6 Å². The monoisotopic (exact) mass is 260 g/mol. The van der Waals surface area contributed by atoms with Crippen LogP contribution in [0.3, 0.4) is 0 Å². The molecule has 1 N–H and O–H groups in total. The van der Waals surface area contributed by atoms with Crippen LogP contribution < -0.4 is 39.4 Å². The standard InChI is InChI=1S/C12H14O5.Na/c13-8-9-10(14)4-3-5-11(9)17-7-2-1-6-12(15)16;/h3-5,8,14H,1-2,6-7H2,(H,15,16);/q;+1/p-1. The number of carbonyl (C=O) groups is 2. The van der Waals surface area contributed by atoms with Crippen LogP contribution in [-0.4, -0.2) is 24.0 Å². The molecule has 1 aromatic carbocycles. The van der Waals surface area contributed by atoms with Crippen LogP contribution >= 0.6 is 0 Å². The Hall–Kier alpha value is -1.04. The summed E-state index contributed by atoms with van der Waals surface area (Å²) in [6, 6.07) is 4.54. The first-order valence-electron chi connectivity index (χ1n) is 5.25.